The van der Waals surface area contributed by atoms with E-state index >= 15 is 0 Å². The van der Waals surface area contributed by atoms with E-state index in [0.29, 0.717) is 31.0 Å². The summed E-state index contributed by atoms with van der Waals surface area (Å²) in [4.78, 5) is 17.1. The van der Waals surface area contributed by atoms with Crippen LogP contribution < -0.4 is 0 Å². The zero-order valence-corrected chi connectivity index (χ0v) is 17.4. The van der Waals surface area contributed by atoms with Gasteiger partial charge in [-0.25, -0.2) is 8.42 Å². The van der Waals surface area contributed by atoms with Crippen LogP contribution in [-0.4, -0.2) is 74.7 Å². The van der Waals surface area contributed by atoms with Gasteiger partial charge >= 0.3 is 0 Å². The summed E-state index contributed by atoms with van der Waals surface area (Å²) in [5.41, 5.74) is 0. The highest BCUT2D eigenvalue weighted by Gasteiger charge is 2.33. The van der Waals surface area contributed by atoms with Crippen molar-refractivity contribution in [2.45, 2.75) is 30.6 Å². The van der Waals surface area contributed by atoms with Crippen molar-refractivity contribution in [3.63, 3.8) is 0 Å². The highest BCUT2D eigenvalue weighted by Crippen LogP contribution is 2.25. The lowest BCUT2D eigenvalue weighted by molar-refractivity contribution is -0.135. The van der Waals surface area contributed by atoms with Gasteiger partial charge in [0.15, 0.2) is 0 Å². The predicted molar refractivity (Wildman–Crippen MR) is 106 cm³/mol. The number of hydrogen-bond acceptors (Lipinski definition) is 4. The Labute approximate surface area is 167 Å². The summed E-state index contributed by atoms with van der Waals surface area (Å²) in [6.07, 6.45) is 3.63. The van der Waals surface area contributed by atoms with E-state index in [1.165, 1.54) is 29.3 Å². The molecule has 27 heavy (non-hydrogen) atoms. The number of amides is 1. The van der Waals surface area contributed by atoms with E-state index in [4.69, 9.17) is 11.6 Å². The topological polar surface area (TPSA) is 60.9 Å². The molecule has 1 aromatic carbocycles. The van der Waals surface area contributed by atoms with Crippen LogP contribution in [0.1, 0.15) is 25.7 Å². The molecule has 0 saturated carbocycles. The zero-order chi connectivity index (χ0) is 19.4. The molecule has 2 heterocycles. The lowest BCUT2D eigenvalue weighted by Gasteiger charge is -2.33. The summed E-state index contributed by atoms with van der Waals surface area (Å²) < 4.78 is 27.0. The molecule has 2 aliphatic heterocycles. The smallest absolute Gasteiger partial charge is 0.243 e. The second kappa shape index (κ2) is 8.90. The van der Waals surface area contributed by atoms with Gasteiger partial charge in [0.2, 0.25) is 15.9 Å². The number of benzene rings is 1. The molecule has 0 radical (unpaired) electrons. The minimum absolute atomic E-state index is 0.0924. The van der Waals surface area contributed by atoms with Gasteiger partial charge < -0.3 is 9.80 Å². The first-order valence-corrected chi connectivity index (χ1v) is 11.4. The van der Waals surface area contributed by atoms with Crippen molar-refractivity contribution in [3.8, 4) is 0 Å². The summed E-state index contributed by atoms with van der Waals surface area (Å²) in [7, 11) is -1.67. The van der Waals surface area contributed by atoms with Crippen LogP contribution in [-0.2, 0) is 14.8 Å². The minimum Gasteiger partial charge on any atom is -0.344 e. The average molecular weight is 414 g/mol. The highest BCUT2D eigenvalue weighted by atomic mass is 35.5. The SMILES string of the molecule is CN(CCN1CCCC1)C(=O)C1CCN(S(=O)(=O)c2ccc(Cl)cc2)CC1. The summed E-state index contributed by atoms with van der Waals surface area (Å²) in [6, 6.07) is 6.22. The van der Waals surface area contributed by atoms with E-state index in [0.717, 1.165) is 26.2 Å². The van der Waals surface area contributed by atoms with Gasteiger partial charge in [0.05, 0.1) is 4.90 Å². The molecule has 0 aliphatic carbocycles. The Morgan fingerprint density at radius 3 is 2.30 bits per heavy atom. The number of hydrogen-bond donors (Lipinski definition) is 0. The molecule has 150 valence electrons. The van der Waals surface area contributed by atoms with Crippen LogP contribution in [0.2, 0.25) is 5.02 Å². The van der Waals surface area contributed by atoms with Gasteiger partial charge in [0.25, 0.3) is 0 Å². The van der Waals surface area contributed by atoms with Gasteiger partial charge in [-0.3, -0.25) is 4.79 Å². The minimum atomic E-state index is -3.53. The quantitative estimate of drug-likeness (QED) is 0.717. The van der Waals surface area contributed by atoms with E-state index in [2.05, 4.69) is 4.90 Å². The van der Waals surface area contributed by atoms with Crippen LogP contribution in [0.25, 0.3) is 0 Å². The normalized spacial score (nSPS) is 20.1. The molecule has 0 aromatic heterocycles. The van der Waals surface area contributed by atoms with Crippen LogP contribution >= 0.6 is 11.6 Å². The fraction of sp³-hybridized carbons (Fsp3) is 0.632. The fourth-order valence-electron chi connectivity index (χ4n) is 3.82. The van der Waals surface area contributed by atoms with Crippen LogP contribution in [0.5, 0.6) is 0 Å². The molecule has 0 N–H and O–H groups in total. The number of sulfonamides is 1. The largest absolute Gasteiger partial charge is 0.344 e. The van der Waals surface area contributed by atoms with Crippen molar-refractivity contribution in [2.75, 3.05) is 46.3 Å². The van der Waals surface area contributed by atoms with E-state index in [1.807, 2.05) is 11.9 Å². The van der Waals surface area contributed by atoms with E-state index < -0.39 is 10.0 Å². The molecular formula is C19H28ClN3O3S. The van der Waals surface area contributed by atoms with Crippen molar-refractivity contribution in [1.29, 1.82) is 0 Å². The Hall–Kier alpha value is -1.15. The van der Waals surface area contributed by atoms with Gasteiger partial charge in [0.1, 0.15) is 0 Å². The maximum Gasteiger partial charge on any atom is 0.243 e. The van der Waals surface area contributed by atoms with Crippen molar-refractivity contribution >= 4 is 27.5 Å². The van der Waals surface area contributed by atoms with Gasteiger partial charge in [-0.15, -0.1) is 0 Å². The Morgan fingerprint density at radius 2 is 1.70 bits per heavy atom. The van der Waals surface area contributed by atoms with Gasteiger partial charge in [-0.1, -0.05) is 11.6 Å². The van der Waals surface area contributed by atoms with Crippen molar-refractivity contribution in [2.24, 2.45) is 5.92 Å². The number of nitrogens with zero attached hydrogens (tertiary/aromatic N) is 3. The molecule has 3 rings (SSSR count). The first-order chi connectivity index (χ1) is 12.9. The molecule has 8 heteroatoms. The first kappa shape index (κ1) is 20.6. The molecule has 0 bridgehead atoms. The van der Waals surface area contributed by atoms with E-state index in [-0.39, 0.29) is 16.7 Å². The highest BCUT2D eigenvalue weighted by molar-refractivity contribution is 7.89. The standard InChI is InChI=1S/C19H28ClN3O3S/c1-21(14-15-22-10-2-3-11-22)19(24)16-8-12-23(13-9-16)27(25,26)18-6-4-17(20)5-7-18/h4-7,16H,2-3,8-15H2,1H3. The van der Waals surface area contributed by atoms with Crippen molar-refractivity contribution in [1.82, 2.24) is 14.1 Å². The number of likely N-dealkylation sites (tertiary alicyclic amines) is 1. The fourth-order valence-corrected chi connectivity index (χ4v) is 5.41. The lowest BCUT2D eigenvalue weighted by atomic mass is 9.97. The molecule has 0 atom stereocenters. The third-order valence-electron chi connectivity index (χ3n) is 5.58. The molecule has 0 spiro atoms. The number of rotatable bonds is 6. The van der Waals surface area contributed by atoms with Crippen LogP contribution in [0.3, 0.4) is 0 Å². The molecule has 6 nitrogen and oxygen atoms in total. The van der Waals surface area contributed by atoms with Crippen LogP contribution in [0.15, 0.2) is 29.2 Å². The number of carbonyl (C=O) groups is 1. The summed E-state index contributed by atoms with van der Waals surface area (Å²) in [6.45, 7) is 4.67. The maximum atomic E-state index is 12.7. The third-order valence-corrected chi connectivity index (χ3v) is 7.75. The molecule has 1 amide bonds. The second-order valence-corrected chi connectivity index (χ2v) is 9.82. The Bertz CT molecular complexity index is 740. The number of piperidine rings is 1. The average Bonchev–Trinajstić information content (AvgIpc) is 3.19. The molecule has 1 aromatic rings. The number of halogens is 1. The zero-order valence-electron chi connectivity index (χ0n) is 15.8. The van der Waals surface area contributed by atoms with E-state index in [9.17, 15) is 13.2 Å². The Morgan fingerprint density at radius 1 is 1.11 bits per heavy atom. The molecule has 2 aliphatic rings. The first-order valence-electron chi connectivity index (χ1n) is 9.61. The molecule has 2 saturated heterocycles. The monoisotopic (exact) mass is 413 g/mol. The summed E-state index contributed by atoms with van der Waals surface area (Å²) in [5, 5.41) is 0.509. The van der Waals surface area contributed by atoms with Crippen LogP contribution in [0, 0.1) is 5.92 Å². The summed E-state index contributed by atoms with van der Waals surface area (Å²) in [5.74, 6) is 0.0444. The van der Waals surface area contributed by atoms with Crippen molar-refractivity contribution < 1.29 is 13.2 Å². The Kier molecular flexibility index (Phi) is 6.78. The Balaban J connectivity index is 1.51. The molecule has 0 unspecified atom stereocenters. The van der Waals surface area contributed by atoms with Crippen molar-refractivity contribution in [3.05, 3.63) is 29.3 Å². The van der Waals surface area contributed by atoms with E-state index in [1.54, 1.807) is 12.1 Å². The van der Waals surface area contributed by atoms with Gasteiger partial charge in [0, 0.05) is 44.2 Å². The third kappa shape index (κ3) is 5.02. The molecule has 2 fully saturated rings. The summed E-state index contributed by atoms with van der Waals surface area (Å²) >= 11 is 5.84. The number of carbonyl (C=O) groups excluding carboxylic acids is 1. The lowest BCUT2D eigenvalue weighted by Crippen LogP contribution is -2.44. The second-order valence-electron chi connectivity index (χ2n) is 7.44. The van der Waals surface area contributed by atoms with Gasteiger partial charge in [-0.05, 0) is 63.0 Å². The van der Waals surface area contributed by atoms with Gasteiger partial charge in [-0.2, -0.15) is 4.31 Å². The predicted octanol–water partition coefficient (Wildman–Crippen LogP) is 2.29. The maximum absolute atomic E-state index is 12.7. The number of likely N-dealkylation sites (N-methyl/N-ethyl adjacent to an activating group) is 1. The molecular weight excluding hydrogens is 386 g/mol. The van der Waals surface area contributed by atoms with Crippen LogP contribution in [0.4, 0.5) is 0 Å².